The largest absolute Gasteiger partial charge is 0.383 e. The highest BCUT2D eigenvalue weighted by Crippen LogP contribution is 2.20. The molecule has 0 aliphatic carbocycles. The van der Waals surface area contributed by atoms with Gasteiger partial charge in [-0.1, -0.05) is 0 Å². The Labute approximate surface area is 106 Å². The third-order valence-corrected chi connectivity index (χ3v) is 3.22. The number of nitrogen functional groups attached to an aromatic ring is 1. The monoisotopic (exact) mass is 250 g/mol. The van der Waals surface area contributed by atoms with Gasteiger partial charge in [-0.05, 0) is 19.8 Å². The van der Waals surface area contributed by atoms with Crippen LogP contribution < -0.4 is 11.1 Å². The van der Waals surface area contributed by atoms with Gasteiger partial charge in [-0.15, -0.1) is 0 Å². The lowest BCUT2D eigenvalue weighted by atomic mass is 9.94. The van der Waals surface area contributed by atoms with Gasteiger partial charge in [-0.25, -0.2) is 9.97 Å². The van der Waals surface area contributed by atoms with Crippen molar-refractivity contribution in [2.75, 3.05) is 12.3 Å². The summed E-state index contributed by atoms with van der Waals surface area (Å²) in [7, 11) is 0. The summed E-state index contributed by atoms with van der Waals surface area (Å²) < 4.78 is 5.48. The summed E-state index contributed by atoms with van der Waals surface area (Å²) in [5.74, 6) is 0.327. The van der Waals surface area contributed by atoms with Gasteiger partial charge in [0.25, 0.3) is 0 Å². The van der Waals surface area contributed by atoms with E-state index in [4.69, 9.17) is 10.5 Å². The van der Waals surface area contributed by atoms with Crippen molar-refractivity contribution in [3.05, 3.63) is 18.1 Å². The number of amides is 1. The van der Waals surface area contributed by atoms with Crippen LogP contribution in [0, 0.1) is 5.92 Å². The molecule has 0 spiro atoms. The number of nitrogens with one attached hydrogen (secondary N) is 1. The van der Waals surface area contributed by atoms with Crippen LogP contribution in [0.3, 0.4) is 0 Å². The predicted octanol–water partition coefficient (Wildman–Crippen LogP) is 0.490. The number of nitrogens with zero attached hydrogens (tertiary/aromatic N) is 2. The van der Waals surface area contributed by atoms with E-state index in [-0.39, 0.29) is 17.9 Å². The molecule has 98 valence electrons. The summed E-state index contributed by atoms with van der Waals surface area (Å²) in [6.07, 6.45) is 4.77. The summed E-state index contributed by atoms with van der Waals surface area (Å²) >= 11 is 0. The van der Waals surface area contributed by atoms with Crippen molar-refractivity contribution >= 4 is 11.7 Å². The fourth-order valence-electron chi connectivity index (χ4n) is 2.09. The first kappa shape index (κ1) is 12.8. The molecule has 2 heterocycles. The zero-order valence-electron chi connectivity index (χ0n) is 10.4. The van der Waals surface area contributed by atoms with Crippen LogP contribution in [0.1, 0.15) is 25.3 Å². The Bertz CT molecular complexity index is 424. The van der Waals surface area contributed by atoms with E-state index in [0.29, 0.717) is 12.4 Å². The van der Waals surface area contributed by atoms with Crippen molar-refractivity contribution in [2.24, 2.45) is 5.92 Å². The second-order valence-corrected chi connectivity index (χ2v) is 4.48. The van der Waals surface area contributed by atoms with Gasteiger partial charge in [-0.3, -0.25) is 4.79 Å². The molecule has 1 fully saturated rings. The molecule has 18 heavy (non-hydrogen) atoms. The number of nitrogens with two attached hydrogens (primary N) is 1. The van der Waals surface area contributed by atoms with Gasteiger partial charge in [-0.2, -0.15) is 0 Å². The molecule has 6 heteroatoms. The molecule has 1 aromatic heterocycles. The Morgan fingerprint density at radius 1 is 1.67 bits per heavy atom. The van der Waals surface area contributed by atoms with E-state index in [2.05, 4.69) is 15.3 Å². The number of carbonyl (C=O) groups excluding carboxylic acids is 1. The van der Waals surface area contributed by atoms with E-state index in [1.807, 2.05) is 6.92 Å². The number of ether oxygens (including phenoxy) is 1. The van der Waals surface area contributed by atoms with Crippen molar-refractivity contribution in [1.29, 1.82) is 0 Å². The highest BCUT2D eigenvalue weighted by atomic mass is 16.5. The molecule has 6 nitrogen and oxygen atoms in total. The lowest BCUT2D eigenvalue weighted by Gasteiger charge is -2.28. The Balaban J connectivity index is 1.90. The Morgan fingerprint density at radius 3 is 3.22 bits per heavy atom. The van der Waals surface area contributed by atoms with Crippen molar-refractivity contribution in [3.63, 3.8) is 0 Å². The molecule has 2 rings (SSSR count). The van der Waals surface area contributed by atoms with Gasteiger partial charge in [0.15, 0.2) is 0 Å². The molecule has 2 atom stereocenters. The average molecular weight is 250 g/mol. The summed E-state index contributed by atoms with van der Waals surface area (Å²) in [5.41, 5.74) is 6.42. The van der Waals surface area contributed by atoms with Crippen molar-refractivity contribution < 1.29 is 9.53 Å². The quantitative estimate of drug-likeness (QED) is 0.814. The van der Waals surface area contributed by atoms with Crippen LogP contribution in [0.4, 0.5) is 5.82 Å². The van der Waals surface area contributed by atoms with Gasteiger partial charge in [0.2, 0.25) is 5.91 Å². The number of carbonyl (C=O) groups is 1. The van der Waals surface area contributed by atoms with Crippen LogP contribution in [0.5, 0.6) is 0 Å². The second-order valence-electron chi connectivity index (χ2n) is 4.48. The van der Waals surface area contributed by atoms with Gasteiger partial charge in [0.05, 0.1) is 12.0 Å². The average Bonchev–Trinajstić information content (AvgIpc) is 2.38. The normalized spacial score (nSPS) is 23.6. The topological polar surface area (TPSA) is 90.1 Å². The van der Waals surface area contributed by atoms with Gasteiger partial charge in [0.1, 0.15) is 12.1 Å². The number of aromatic nitrogens is 2. The van der Waals surface area contributed by atoms with E-state index in [0.717, 1.165) is 25.0 Å². The number of hydrogen-bond acceptors (Lipinski definition) is 5. The second kappa shape index (κ2) is 5.77. The first-order chi connectivity index (χ1) is 8.68. The van der Waals surface area contributed by atoms with E-state index >= 15 is 0 Å². The molecule has 0 radical (unpaired) electrons. The Kier molecular flexibility index (Phi) is 4.09. The molecule has 3 N–H and O–H groups in total. The van der Waals surface area contributed by atoms with E-state index < -0.39 is 0 Å². The molecule has 1 aromatic rings. The zero-order chi connectivity index (χ0) is 13.0. The lowest BCUT2D eigenvalue weighted by Crippen LogP contribution is -2.40. The number of hydrogen-bond donors (Lipinski definition) is 2. The van der Waals surface area contributed by atoms with Crippen LogP contribution in [0.15, 0.2) is 12.5 Å². The standard InChI is InChI=1S/C12H18N4O2/c1-8-10(3-2-4-18-8)12(17)15-6-9-5-14-7-16-11(9)13/h5,7-8,10H,2-4,6H2,1H3,(H,15,17)(H2,13,14,16)/t8-,10-/m1/s1. The minimum absolute atomic E-state index is 0.00505. The fraction of sp³-hybridized carbons (Fsp3) is 0.583. The van der Waals surface area contributed by atoms with Crippen LogP contribution in [0.25, 0.3) is 0 Å². The lowest BCUT2D eigenvalue weighted by molar-refractivity contribution is -0.133. The molecular formula is C12H18N4O2. The molecule has 0 aromatic carbocycles. The molecule has 1 aliphatic rings. The van der Waals surface area contributed by atoms with E-state index in [1.54, 1.807) is 6.20 Å². The maximum Gasteiger partial charge on any atom is 0.225 e. The number of anilines is 1. The maximum absolute atomic E-state index is 12.0. The first-order valence-corrected chi connectivity index (χ1v) is 6.12. The maximum atomic E-state index is 12.0. The molecule has 1 amide bonds. The summed E-state index contributed by atoms with van der Waals surface area (Å²) in [4.78, 5) is 19.8. The Hall–Kier alpha value is -1.69. The summed E-state index contributed by atoms with van der Waals surface area (Å²) in [6.45, 7) is 3.03. The smallest absolute Gasteiger partial charge is 0.225 e. The summed E-state index contributed by atoms with van der Waals surface area (Å²) in [6, 6.07) is 0. The van der Waals surface area contributed by atoms with E-state index in [9.17, 15) is 4.79 Å². The SMILES string of the molecule is C[C@H]1OCCC[C@H]1C(=O)NCc1cncnc1N. The molecule has 0 bridgehead atoms. The molecule has 0 saturated carbocycles. The van der Waals surface area contributed by atoms with Gasteiger partial charge >= 0.3 is 0 Å². The predicted molar refractivity (Wildman–Crippen MR) is 66.4 cm³/mol. The van der Waals surface area contributed by atoms with Gasteiger partial charge < -0.3 is 15.8 Å². The molecule has 1 saturated heterocycles. The minimum Gasteiger partial charge on any atom is -0.383 e. The highest BCUT2D eigenvalue weighted by molar-refractivity contribution is 5.79. The van der Waals surface area contributed by atoms with Crippen LogP contribution in [0.2, 0.25) is 0 Å². The van der Waals surface area contributed by atoms with Crippen LogP contribution in [-0.4, -0.2) is 28.6 Å². The van der Waals surface area contributed by atoms with Crippen LogP contribution in [-0.2, 0) is 16.1 Å². The summed E-state index contributed by atoms with van der Waals surface area (Å²) in [5, 5.41) is 2.86. The van der Waals surface area contributed by atoms with Crippen molar-refractivity contribution in [3.8, 4) is 0 Å². The van der Waals surface area contributed by atoms with E-state index in [1.165, 1.54) is 6.33 Å². The minimum atomic E-state index is -0.0791. The zero-order valence-corrected chi connectivity index (χ0v) is 10.4. The fourth-order valence-corrected chi connectivity index (χ4v) is 2.09. The third-order valence-electron chi connectivity index (χ3n) is 3.22. The molecule has 1 aliphatic heterocycles. The Morgan fingerprint density at radius 2 is 2.50 bits per heavy atom. The third kappa shape index (κ3) is 2.95. The molecular weight excluding hydrogens is 232 g/mol. The molecule has 0 unspecified atom stereocenters. The van der Waals surface area contributed by atoms with Crippen molar-refractivity contribution in [1.82, 2.24) is 15.3 Å². The van der Waals surface area contributed by atoms with Crippen LogP contribution >= 0.6 is 0 Å². The van der Waals surface area contributed by atoms with Crippen molar-refractivity contribution in [2.45, 2.75) is 32.4 Å². The highest BCUT2D eigenvalue weighted by Gasteiger charge is 2.28. The first-order valence-electron chi connectivity index (χ1n) is 6.12. The number of rotatable bonds is 3. The van der Waals surface area contributed by atoms with Gasteiger partial charge in [0, 0.05) is 24.9 Å².